The number of nitrogens with one attached hydrogen (secondary N) is 1. The summed E-state index contributed by atoms with van der Waals surface area (Å²) in [6.45, 7) is 2.89. The Morgan fingerprint density at radius 3 is 3.00 bits per heavy atom. The highest BCUT2D eigenvalue weighted by Crippen LogP contribution is 2.17. The van der Waals surface area contributed by atoms with E-state index in [0.717, 1.165) is 23.8 Å². The molecule has 0 atom stereocenters. The molecule has 78 valence electrons. The number of hydrogen-bond acceptors (Lipinski definition) is 4. The van der Waals surface area contributed by atoms with E-state index in [1.54, 1.807) is 12.5 Å². The van der Waals surface area contributed by atoms with Gasteiger partial charge in [-0.15, -0.1) is 0 Å². The van der Waals surface area contributed by atoms with Crippen molar-refractivity contribution in [2.75, 3.05) is 12.4 Å². The third kappa shape index (κ3) is 1.81. The van der Waals surface area contributed by atoms with E-state index in [1.807, 2.05) is 23.9 Å². The van der Waals surface area contributed by atoms with Crippen molar-refractivity contribution in [2.24, 2.45) is 0 Å². The van der Waals surface area contributed by atoms with Crippen LogP contribution in [-0.4, -0.2) is 26.8 Å². The molecule has 5 nitrogen and oxygen atoms in total. The fraction of sp³-hybridized carbons (Fsp3) is 0.300. The summed E-state index contributed by atoms with van der Waals surface area (Å²) in [4.78, 5) is 8.30. The van der Waals surface area contributed by atoms with Crippen molar-refractivity contribution in [1.82, 2.24) is 19.7 Å². The first-order valence-corrected chi connectivity index (χ1v) is 4.87. The molecule has 0 aliphatic heterocycles. The molecule has 0 saturated heterocycles. The zero-order valence-electron chi connectivity index (χ0n) is 8.81. The minimum atomic E-state index is 0.809. The van der Waals surface area contributed by atoms with Crippen LogP contribution >= 0.6 is 0 Å². The molecule has 2 aromatic heterocycles. The zero-order chi connectivity index (χ0) is 10.7. The molecule has 0 unspecified atom stereocenters. The third-order valence-electron chi connectivity index (χ3n) is 2.20. The number of rotatable bonds is 3. The molecule has 0 spiro atoms. The van der Waals surface area contributed by atoms with Gasteiger partial charge in [0.1, 0.15) is 12.1 Å². The second-order valence-electron chi connectivity index (χ2n) is 3.07. The summed E-state index contributed by atoms with van der Waals surface area (Å²) in [5.41, 5.74) is 1.89. The Labute approximate surface area is 88.2 Å². The van der Waals surface area contributed by atoms with Crippen molar-refractivity contribution in [1.29, 1.82) is 0 Å². The Kier molecular flexibility index (Phi) is 2.62. The van der Waals surface area contributed by atoms with Crippen LogP contribution in [0.5, 0.6) is 0 Å². The maximum Gasteiger partial charge on any atom is 0.129 e. The summed E-state index contributed by atoms with van der Waals surface area (Å²) in [5.74, 6) is 0.809. The Hall–Kier alpha value is -1.91. The Balaban J connectivity index is 2.44. The van der Waals surface area contributed by atoms with E-state index < -0.39 is 0 Å². The standard InChI is InChI=1S/C10H13N5/c1-3-15-9(4-5-14-15)8-6-10(11-2)13-7-12-8/h4-7H,3H2,1-2H3,(H,11,12,13). The van der Waals surface area contributed by atoms with Crippen molar-refractivity contribution in [3.63, 3.8) is 0 Å². The fourth-order valence-corrected chi connectivity index (χ4v) is 1.44. The van der Waals surface area contributed by atoms with Crippen LogP contribution in [0.15, 0.2) is 24.7 Å². The zero-order valence-corrected chi connectivity index (χ0v) is 8.81. The number of anilines is 1. The summed E-state index contributed by atoms with van der Waals surface area (Å²) in [5, 5.41) is 7.19. The van der Waals surface area contributed by atoms with E-state index in [4.69, 9.17) is 0 Å². The quantitative estimate of drug-likeness (QED) is 0.819. The van der Waals surface area contributed by atoms with Gasteiger partial charge in [-0.2, -0.15) is 5.10 Å². The lowest BCUT2D eigenvalue weighted by Gasteiger charge is -2.05. The molecule has 2 heterocycles. The topological polar surface area (TPSA) is 55.6 Å². The number of aromatic nitrogens is 4. The van der Waals surface area contributed by atoms with Gasteiger partial charge in [0.25, 0.3) is 0 Å². The molecule has 1 N–H and O–H groups in total. The lowest BCUT2D eigenvalue weighted by Crippen LogP contribution is -2.01. The molecular weight excluding hydrogens is 190 g/mol. The van der Waals surface area contributed by atoms with E-state index in [-0.39, 0.29) is 0 Å². The summed E-state index contributed by atoms with van der Waals surface area (Å²) in [6.07, 6.45) is 3.33. The maximum absolute atomic E-state index is 4.23. The molecule has 0 fully saturated rings. The second kappa shape index (κ2) is 4.08. The number of nitrogens with zero attached hydrogens (tertiary/aromatic N) is 4. The summed E-state index contributed by atoms with van der Waals surface area (Å²) in [6, 6.07) is 3.86. The molecule has 0 saturated carbocycles. The van der Waals surface area contributed by atoms with Crippen molar-refractivity contribution in [2.45, 2.75) is 13.5 Å². The van der Waals surface area contributed by atoms with Gasteiger partial charge in [0.2, 0.25) is 0 Å². The van der Waals surface area contributed by atoms with Crippen LogP contribution in [-0.2, 0) is 6.54 Å². The first kappa shape index (κ1) is 9.64. The molecule has 2 rings (SSSR count). The average Bonchev–Trinajstić information content (AvgIpc) is 2.77. The van der Waals surface area contributed by atoms with Gasteiger partial charge in [0.15, 0.2) is 0 Å². The van der Waals surface area contributed by atoms with Crippen LogP contribution in [0.4, 0.5) is 5.82 Å². The first-order valence-electron chi connectivity index (χ1n) is 4.87. The highest BCUT2D eigenvalue weighted by molar-refractivity contribution is 5.58. The van der Waals surface area contributed by atoms with Gasteiger partial charge in [-0.05, 0) is 13.0 Å². The van der Waals surface area contributed by atoms with Crippen LogP contribution < -0.4 is 5.32 Å². The van der Waals surface area contributed by atoms with Crippen LogP contribution in [0.1, 0.15) is 6.92 Å². The van der Waals surface area contributed by atoms with Crippen LogP contribution in [0.25, 0.3) is 11.4 Å². The van der Waals surface area contributed by atoms with Crippen molar-refractivity contribution >= 4 is 5.82 Å². The number of hydrogen-bond donors (Lipinski definition) is 1. The third-order valence-corrected chi connectivity index (χ3v) is 2.20. The predicted octanol–water partition coefficient (Wildman–Crippen LogP) is 1.40. The SMILES string of the molecule is CCn1nccc1-c1cc(NC)ncn1. The summed E-state index contributed by atoms with van der Waals surface area (Å²) < 4.78 is 1.90. The van der Waals surface area contributed by atoms with E-state index >= 15 is 0 Å². The van der Waals surface area contributed by atoms with Crippen molar-refractivity contribution < 1.29 is 0 Å². The normalized spacial score (nSPS) is 10.3. The van der Waals surface area contributed by atoms with Gasteiger partial charge in [-0.25, -0.2) is 9.97 Å². The molecule has 0 aromatic carbocycles. The monoisotopic (exact) mass is 203 g/mol. The van der Waals surface area contributed by atoms with Crippen LogP contribution in [0, 0.1) is 0 Å². The molecule has 0 aliphatic rings. The molecule has 0 bridgehead atoms. The van der Waals surface area contributed by atoms with E-state index in [1.165, 1.54) is 0 Å². The number of aryl methyl sites for hydroxylation is 1. The van der Waals surface area contributed by atoms with Crippen LogP contribution in [0.2, 0.25) is 0 Å². The van der Waals surface area contributed by atoms with Gasteiger partial charge in [0, 0.05) is 25.9 Å². The van der Waals surface area contributed by atoms with E-state index in [2.05, 4.69) is 27.3 Å². The largest absolute Gasteiger partial charge is 0.373 e. The predicted molar refractivity (Wildman–Crippen MR) is 58.5 cm³/mol. The minimum Gasteiger partial charge on any atom is -0.373 e. The molecule has 0 amide bonds. The molecule has 15 heavy (non-hydrogen) atoms. The smallest absolute Gasteiger partial charge is 0.129 e. The van der Waals surface area contributed by atoms with Gasteiger partial charge < -0.3 is 5.32 Å². The van der Waals surface area contributed by atoms with Gasteiger partial charge >= 0.3 is 0 Å². The second-order valence-corrected chi connectivity index (χ2v) is 3.07. The maximum atomic E-state index is 4.23. The Bertz CT molecular complexity index is 449. The average molecular weight is 203 g/mol. The van der Waals surface area contributed by atoms with Crippen molar-refractivity contribution in [3.05, 3.63) is 24.7 Å². The molecule has 0 radical (unpaired) electrons. The summed E-state index contributed by atoms with van der Waals surface area (Å²) in [7, 11) is 1.84. The minimum absolute atomic E-state index is 0.809. The highest BCUT2D eigenvalue weighted by atomic mass is 15.3. The van der Waals surface area contributed by atoms with Gasteiger partial charge in [-0.1, -0.05) is 0 Å². The van der Waals surface area contributed by atoms with E-state index in [9.17, 15) is 0 Å². The fourth-order valence-electron chi connectivity index (χ4n) is 1.44. The molecule has 5 heteroatoms. The lowest BCUT2D eigenvalue weighted by molar-refractivity contribution is 0.665. The van der Waals surface area contributed by atoms with Crippen LogP contribution in [0.3, 0.4) is 0 Å². The van der Waals surface area contributed by atoms with Crippen molar-refractivity contribution in [3.8, 4) is 11.4 Å². The first-order chi connectivity index (χ1) is 7.35. The molecular formula is C10H13N5. The Morgan fingerprint density at radius 1 is 1.40 bits per heavy atom. The lowest BCUT2D eigenvalue weighted by atomic mass is 10.3. The highest BCUT2D eigenvalue weighted by Gasteiger charge is 2.05. The molecule has 2 aromatic rings. The molecule has 0 aliphatic carbocycles. The van der Waals surface area contributed by atoms with E-state index in [0.29, 0.717) is 0 Å². The Morgan fingerprint density at radius 2 is 2.27 bits per heavy atom. The summed E-state index contributed by atoms with van der Waals surface area (Å²) >= 11 is 0. The van der Waals surface area contributed by atoms with Gasteiger partial charge in [-0.3, -0.25) is 4.68 Å². The van der Waals surface area contributed by atoms with Gasteiger partial charge in [0.05, 0.1) is 11.4 Å².